The van der Waals surface area contributed by atoms with Gasteiger partial charge in [0.15, 0.2) is 0 Å². The zero-order valence-corrected chi connectivity index (χ0v) is 14.2. The number of aromatic amines is 1. The van der Waals surface area contributed by atoms with Gasteiger partial charge in [0.2, 0.25) is 0 Å². The molecule has 2 aromatic heterocycles. The smallest absolute Gasteiger partial charge is 0.251 e. The van der Waals surface area contributed by atoms with Crippen LogP contribution in [0.1, 0.15) is 29.0 Å². The fraction of sp³-hybridized carbons (Fsp3) is 0.316. The number of hydrogen-bond acceptors (Lipinski definition) is 3. The SMILES string of the molecule is Cc1nccn1CC1(CNC(=O)c2ccc(-c3ccn[nH]3)cc2)CC1. The number of H-pyrrole nitrogens is 1. The molecule has 3 aromatic rings. The van der Waals surface area contributed by atoms with Crippen molar-refractivity contribution < 1.29 is 4.79 Å². The van der Waals surface area contributed by atoms with Crippen LogP contribution in [0.25, 0.3) is 11.3 Å². The average molecular weight is 335 g/mol. The van der Waals surface area contributed by atoms with E-state index in [-0.39, 0.29) is 11.3 Å². The molecule has 128 valence electrons. The van der Waals surface area contributed by atoms with Crippen molar-refractivity contribution in [2.75, 3.05) is 6.54 Å². The molecule has 6 heteroatoms. The van der Waals surface area contributed by atoms with Crippen LogP contribution in [0.4, 0.5) is 0 Å². The van der Waals surface area contributed by atoms with Gasteiger partial charge < -0.3 is 9.88 Å². The van der Waals surface area contributed by atoms with Crippen molar-refractivity contribution in [1.82, 2.24) is 25.1 Å². The number of hydrogen-bond donors (Lipinski definition) is 2. The summed E-state index contributed by atoms with van der Waals surface area (Å²) in [6.07, 6.45) is 7.83. The van der Waals surface area contributed by atoms with Crippen LogP contribution in [0.5, 0.6) is 0 Å². The third-order valence-electron chi connectivity index (χ3n) is 4.97. The van der Waals surface area contributed by atoms with E-state index >= 15 is 0 Å². The van der Waals surface area contributed by atoms with Gasteiger partial charge in [-0.15, -0.1) is 0 Å². The maximum Gasteiger partial charge on any atom is 0.251 e. The summed E-state index contributed by atoms with van der Waals surface area (Å²) in [4.78, 5) is 16.7. The molecule has 4 rings (SSSR count). The second kappa shape index (κ2) is 6.20. The molecule has 25 heavy (non-hydrogen) atoms. The monoisotopic (exact) mass is 335 g/mol. The van der Waals surface area contributed by atoms with E-state index in [0.717, 1.165) is 36.5 Å². The van der Waals surface area contributed by atoms with Gasteiger partial charge in [-0.05, 0) is 43.5 Å². The highest BCUT2D eigenvalue weighted by atomic mass is 16.1. The van der Waals surface area contributed by atoms with Gasteiger partial charge in [0.1, 0.15) is 5.82 Å². The molecule has 6 nitrogen and oxygen atoms in total. The molecule has 0 unspecified atom stereocenters. The van der Waals surface area contributed by atoms with Crippen molar-refractivity contribution in [2.45, 2.75) is 26.3 Å². The van der Waals surface area contributed by atoms with Crippen LogP contribution in [0.2, 0.25) is 0 Å². The topological polar surface area (TPSA) is 75.6 Å². The second-order valence-corrected chi connectivity index (χ2v) is 6.83. The van der Waals surface area contributed by atoms with E-state index < -0.39 is 0 Å². The fourth-order valence-electron chi connectivity index (χ4n) is 3.09. The Morgan fingerprint density at radius 1 is 1.24 bits per heavy atom. The highest BCUT2D eigenvalue weighted by Gasteiger charge is 2.43. The van der Waals surface area contributed by atoms with Gasteiger partial charge in [-0.2, -0.15) is 5.10 Å². The summed E-state index contributed by atoms with van der Waals surface area (Å²) in [6.45, 7) is 3.62. The lowest BCUT2D eigenvalue weighted by Crippen LogP contribution is -2.32. The van der Waals surface area contributed by atoms with E-state index in [1.807, 2.05) is 49.6 Å². The summed E-state index contributed by atoms with van der Waals surface area (Å²) in [5, 5.41) is 9.96. The molecule has 0 aliphatic heterocycles. The van der Waals surface area contributed by atoms with Crippen LogP contribution in [0.3, 0.4) is 0 Å². The number of nitrogens with one attached hydrogen (secondary N) is 2. The third kappa shape index (κ3) is 3.33. The van der Waals surface area contributed by atoms with Gasteiger partial charge in [0.05, 0.1) is 5.69 Å². The van der Waals surface area contributed by atoms with E-state index in [1.54, 1.807) is 6.20 Å². The first kappa shape index (κ1) is 15.6. The minimum absolute atomic E-state index is 0.0233. The van der Waals surface area contributed by atoms with Gasteiger partial charge in [0.25, 0.3) is 5.91 Å². The molecule has 0 bridgehead atoms. The molecule has 2 heterocycles. The van der Waals surface area contributed by atoms with E-state index in [0.29, 0.717) is 12.1 Å². The van der Waals surface area contributed by atoms with Gasteiger partial charge in [-0.25, -0.2) is 4.98 Å². The van der Waals surface area contributed by atoms with E-state index in [4.69, 9.17) is 0 Å². The van der Waals surface area contributed by atoms with E-state index in [2.05, 4.69) is 25.1 Å². The van der Waals surface area contributed by atoms with Gasteiger partial charge in [-0.3, -0.25) is 9.89 Å². The lowest BCUT2D eigenvalue weighted by molar-refractivity contribution is 0.0943. The molecule has 0 spiro atoms. The summed E-state index contributed by atoms with van der Waals surface area (Å²) in [5.74, 6) is 0.997. The molecular formula is C19H21N5O. The normalized spacial score (nSPS) is 15.1. The largest absolute Gasteiger partial charge is 0.351 e. The first-order valence-electron chi connectivity index (χ1n) is 8.51. The quantitative estimate of drug-likeness (QED) is 0.727. The van der Waals surface area contributed by atoms with Crippen molar-refractivity contribution in [2.24, 2.45) is 5.41 Å². The molecule has 0 atom stereocenters. The van der Waals surface area contributed by atoms with Crippen LogP contribution in [0.15, 0.2) is 48.9 Å². The maximum absolute atomic E-state index is 12.4. The minimum Gasteiger partial charge on any atom is -0.351 e. The summed E-state index contributed by atoms with van der Waals surface area (Å²) >= 11 is 0. The van der Waals surface area contributed by atoms with Crippen LogP contribution >= 0.6 is 0 Å². The third-order valence-corrected chi connectivity index (χ3v) is 4.97. The Morgan fingerprint density at radius 2 is 2.04 bits per heavy atom. The van der Waals surface area contributed by atoms with Crippen LogP contribution in [-0.2, 0) is 6.54 Å². The Morgan fingerprint density at radius 3 is 2.64 bits per heavy atom. The van der Waals surface area contributed by atoms with Crippen molar-refractivity contribution in [3.05, 3.63) is 60.3 Å². The second-order valence-electron chi connectivity index (χ2n) is 6.83. The zero-order valence-electron chi connectivity index (χ0n) is 14.2. The first-order valence-corrected chi connectivity index (χ1v) is 8.51. The number of imidazole rings is 1. The van der Waals surface area contributed by atoms with E-state index in [1.165, 1.54) is 0 Å². The predicted octanol–water partition coefficient (Wildman–Crippen LogP) is 2.79. The number of amides is 1. The zero-order chi connectivity index (χ0) is 17.3. The standard InChI is InChI=1S/C19H21N5O/c1-14-20-10-11-24(14)13-19(7-8-19)12-21-18(25)16-4-2-15(3-5-16)17-6-9-22-23-17/h2-6,9-11H,7-8,12-13H2,1H3,(H,21,25)(H,22,23). The highest BCUT2D eigenvalue weighted by Crippen LogP contribution is 2.46. The average Bonchev–Trinajstić information content (AvgIpc) is 3.00. The Labute approximate surface area is 146 Å². The fourth-order valence-corrected chi connectivity index (χ4v) is 3.09. The Balaban J connectivity index is 1.37. The number of benzene rings is 1. The van der Waals surface area contributed by atoms with Gasteiger partial charge in [0, 0.05) is 42.7 Å². The minimum atomic E-state index is -0.0233. The number of rotatable bonds is 6. The first-order chi connectivity index (χ1) is 12.2. The molecule has 1 fully saturated rings. The summed E-state index contributed by atoms with van der Waals surface area (Å²) in [6, 6.07) is 9.48. The summed E-state index contributed by atoms with van der Waals surface area (Å²) in [5.41, 5.74) is 2.82. The number of nitrogens with zero attached hydrogens (tertiary/aromatic N) is 3. The van der Waals surface area contributed by atoms with E-state index in [9.17, 15) is 4.79 Å². The number of carbonyl (C=O) groups is 1. The lowest BCUT2D eigenvalue weighted by Gasteiger charge is -2.17. The predicted molar refractivity (Wildman–Crippen MR) is 95.0 cm³/mol. The van der Waals surface area contributed by atoms with Gasteiger partial charge >= 0.3 is 0 Å². The summed E-state index contributed by atoms with van der Waals surface area (Å²) in [7, 11) is 0. The van der Waals surface area contributed by atoms with Crippen molar-refractivity contribution in [3.8, 4) is 11.3 Å². The van der Waals surface area contributed by atoms with Gasteiger partial charge in [-0.1, -0.05) is 12.1 Å². The van der Waals surface area contributed by atoms with Crippen molar-refractivity contribution in [1.29, 1.82) is 0 Å². The molecule has 0 radical (unpaired) electrons. The van der Waals surface area contributed by atoms with Crippen LogP contribution < -0.4 is 5.32 Å². The maximum atomic E-state index is 12.4. The molecule has 1 amide bonds. The highest BCUT2D eigenvalue weighted by molar-refractivity contribution is 5.94. The lowest BCUT2D eigenvalue weighted by atomic mass is 10.1. The van der Waals surface area contributed by atoms with Crippen molar-refractivity contribution in [3.63, 3.8) is 0 Å². The Kier molecular flexibility index (Phi) is 3.87. The summed E-state index contributed by atoms with van der Waals surface area (Å²) < 4.78 is 2.17. The number of carbonyl (C=O) groups excluding carboxylic acids is 1. The molecule has 0 saturated heterocycles. The molecule has 2 N–H and O–H groups in total. The number of aryl methyl sites for hydroxylation is 1. The Bertz CT molecular complexity index is 860. The Hall–Kier alpha value is -2.89. The van der Waals surface area contributed by atoms with Crippen molar-refractivity contribution >= 4 is 5.91 Å². The molecule has 1 aromatic carbocycles. The van der Waals surface area contributed by atoms with Crippen LogP contribution in [-0.4, -0.2) is 32.2 Å². The molecule has 1 aliphatic carbocycles. The molecular weight excluding hydrogens is 314 g/mol. The molecule has 1 saturated carbocycles. The molecule has 1 aliphatic rings. The number of aromatic nitrogens is 4. The van der Waals surface area contributed by atoms with Crippen LogP contribution in [0, 0.1) is 12.3 Å².